The zero-order chi connectivity index (χ0) is 11.4. The van der Waals surface area contributed by atoms with Crippen LogP contribution in [0.5, 0.6) is 0 Å². The van der Waals surface area contributed by atoms with Gasteiger partial charge in [-0.2, -0.15) is 0 Å². The summed E-state index contributed by atoms with van der Waals surface area (Å²) in [6, 6.07) is 4.06. The third-order valence-corrected chi connectivity index (χ3v) is 3.13. The number of halogens is 2. The van der Waals surface area contributed by atoms with Gasteiger partial charge in [-0.05, 0) is 62.9 Å². The van der Waals surface area contributed by atoms with Crippen LogP contribution in [-0.2, 0) is 0 Å². The SMILES string of the molecule is CCCC(N)=Nc1c(Br)cc(C)cc1Br. The molecule has 0 fully saturated rings. The lowest BCUT2D eigenvalue weighted by Gasteiger charge is -2.05. The number of hydrogen-bond acceptors (Lipinski definition) is 1. The first-order chi connectivity index (χ1) is 7.04. The molecular weight excluding hydrogens is 320 g/mol. The fraction of sp³-hybridized carbons (Fsp3) is 0.364. The quantitative estimate of drug-likeness (QED) is 0.649. The second kappa shape index (κ2) is 5.66. The first-order valence-corrected chi connectivity index (χ1v) is 6.42. The summed E-state index contributed by atoms with van der Waals surface area (Å²) in [4.78, 5) is 4.39. The smallest absolute Gasteiger partial charge is 0.0997 e. The highest BCUT2D eigenvalue weighted by Gasteiger charge is 2.05. The van der Waals surface area contributed by atoms with E-state index < -0.39 is 0 Å². The van der Waals surface area contributed by atoms with Gasteiger partial charge in [0.05, 0.1) is 11.5 Å². The molecule has 0 saturated carbocycles. The summed E-state index contributed by atoms with van der Waals surface area (Å²) in [7, 11) is 0. The number of aliphatic imine (C=N–C) groups is 1. The summed E-state index contributed by atoms with van der Waals surface area (Å²) in [5.74, 6) is 0.669. The van der Waals surface area contributed by atoms with Crippen molar-refractivity contribution < 1.29 is 0 Å². The fourth-order valence-electron chi connectivity index (χ4n) is 1.25. The Bertz CT molecular complexity index is 363. The number of nitrogens with zero attached hydrogens (tertiary/aromatic N) is 1. The molecule has 2 N–H and O–H groups in total. The minimum absolute atomic E-state index is 0.669. The predicted octanol–water partition coefficient (Wildman–Crippen LogP) is 4.31. The molecule has 0 atom stereocenters. The van der Waals surface area contributed by atoms with Gasteiger partial charge < -0.3 is 5.73 Å². The fourth-order valence-corrected chi connectivity index (χ4v) is 2.85. The van der Waals surface area contributed by atoms with E-state index in [1.165, 1.54) is 5.56 Å². The van der Waals surface area contributed by atoms with E-state index in [0.717, 1.165) is 27.5 Å². The standard InChI is InChI=1S/C11H14Br2N2/c1-3-4-10(14)15-11-8(12)5-7(2)6-9(11)13/h5-6H,3-4H2,1-2H3,(H2,14,15). The predicted molar refractivity (Wildman–Crippen MR) is 72.8 cm³/mol. The Morgan fingerprint density at radius 2 is 1.87 bits per heavy atom. The van der Waals surface area contributed by atoms with Crippen LogP contribution in [0, 0.1) is 6.92 Å². The third kappa shape index (κ3) is 3.61. The molecule has 0 spiro atoms. The van der Waals surface area contributed by atoms with Crippen LogP contribution in [0.15, 0.2) is 26.1 Å². The Morgan fingerprint density at radius 3 is 2.33 bits per heavy atom. The van der Waals surface area contributed by atoms with Gasteiger partial charge in [0.1, 0.15) is 0 Å². The Morgan fingerprint density at radius 1 is 1.33 bits per heavy atom. The van der Waals surface area contributed by atoms with Crippen molar-refractivity contribution in [1.82, 2.24) is 0 Å². The van der Waals surface area contributed by atoms with Gasteiger partial charge in [0.15, 0.2) is 0 Å². The molecule has 0 unspecified atom stereocenters. The number of rotatable bonds is 3. The molecule has 0 aliphatic carbocycles. The van der Waals surface area contributed by atoms with Gasteiger partial charge in [0.2, 0.25) is 0 Å². The van der Waals surface area contributed by atoms with Gasteiger partial charge >= 0.3 is 0 Å². The number of hydrogen-bond donors (Lipinski definition) is 1. The summed E-state index contributed by atoms with van der Waals surface area (Å²) in [6.07, 6.45) is 1.84. The molecular formula is C11H14Br2N2. The van der Waals surface area contributed by atoms with Crippen molar-refractivity contribution in [2.75, 3.05) is 0 Å². The van der Waals surface area contributed by atoms with Gasteiger partial charge in [0, 0.05) is 15.4 Å². The Hall–Kier alpha value is -0.350. The van der Waals surface area contributed by atoms with Crippen molar-refractivity contribution in [3.63, 3.8) is 0 Å². The zero-order valence-electron chi connectivity index (χ0n) is 8.85. The molecule has 0 bridgehead atoms. The van der Waals surface area contributed by atoms with E-state index in [1.807, 2.05) is 19.1 Å². The molecule has 4 heteroatoms. The van der Waals surface area contributed by atoms with E-state index in [0.29, 0.717) is 5.84 Å². The average molecular weight is 334 g/mol. The highest BCUT2D eigenvalue weighted by Crippen LogP contribution is 2.34. The molecule has 0 aliphatic heterocycles. The van der Waals surface area contributed by atoms with Gasteiger partial charge in [-0.3, -0.25) is 0 Å². The van der Waals surface area contributed by atoms with Gasteiger partial charge in [-0.15, -0.1) is 0 Å². The van der Waals surface area contributed by atoms with Crippen molar-refractivity contribution in [3.8, 4) is 0 Å². The normalized spacial score (nSPS) is 11.9. The van der Waals surface area contributed by atoms with Gasteiger partial charge in [-0.25, -0.2) is 4.99 Å². The largest absolute Gasteiger partial charge is 0.387 e. The molecule has 15 heavy (non-hydrogen) atoms. The number of nitrogens with two attached hydrogens (primary N) is 1. The molecule has 2 nitrogen and oxygen atoms in total. The number of benzene rings is 1. The molecule has 1 aromatic carbocycles. The number of amidine groups is 1. The average Bonchev–Trinajstić information content (AvgIpc) is 2.11. The van der Waals surface area contributed by atoms with Crippen LogP contribution in [-0.4, -0.2) is 5.84 Å². The van der Waals surface area contributed by atoms with E-state index in [4.69, 9.17) is 5.73 Å². The third-order valence-electron chi connectivity index (χ3n) is 1.92. The summed E-state index contributed by atoms with van der Waals surface area (Å²) < 4.78 is 1.93. The van der Waals surface area contributed by atoms with Crippen LogP contribution in [0.4, 0.5) is 5.69 Å². The molecule has 0 aliphatic rings. The van der Waals surface area contributed by atoms with E-state index >= 15 is 0 Å². The van der Waals surface area contributed by atoms with Crippen molar-refractivity contribution in [3.05, 3.63) is 26.6 Å². The molecule has 1 rings (SSSR count). The van der Waals surface area contributed by atoms with Gasteiger partial charge in [-0.1, -0.05) is 6.92 Å². The maximum absolute atomic E-state index is 5.80. The second-order valence-corrected chi connectivity index (χ2v) is 5.14. The Labute approximate surface area is 107 Å². The monoisotopic (exact) mass is 332 g/mol. The molecule has 0 saturated heterocycles. The van der Waals surface area contributed by atoms with Crippen LogP contribution in [0.1, 0.15) is 25.3 Å². The molecule has 1 aromatic rings. The van der Waals surface area contributed by atoms with Gasteiger partial charge in [0.25, 0.3) is 0 Å². The van der Waals surface area contributed by atoms with Crippen molar-refractivity contribution in [2.24, 2.45) is 10.7 Å². The minimum Gasteiger partial charge on any atom is -0.387 e. The zero-order valence-corrected chi connectivity index (χ0v) is 12.0. The van der Waals surface area contributed by atoms with E-state index in [1.54, 1.807) is 0 Å². The first kappa shape index (κ1) is 12.7. The molecule has 0 amide bonds. The second-order valence-electron chi connectivity index (χ2n) is 3.43. The van der Waals surface area contributed by atoms with Crippen molar-refractivity contribution in [1.29, 1.82) is 0 Å². The summed E-state index contributed by atoms with van der Waals surface area (Å²) in [5.41, 5.74) is 7.85. The van der Waals surface area contributed by atoms with Crippen LogP contribution in [0.3, 0.4) is 0 Å². The Kier molecular flexibility index (Phi) is 4.80. The molecule has 0 heterocycles. The topological polar surface area (TPSA) is 38.4 Å². The highest BCUT2D eigenvalue weighted by molar-refractivity contribution is 9.11. The molecule has 82 valence electrons. The van der Waals surface area contributed by atoms with E-state index in [9.17, 15) is 0 Å². The van der Waals surface area contributed by atoms with Crippen LogP contribution in [0.2, 0.25) is 0 Å². The van der Waals surface area contributed by atoms with E-state index in [2.05, 4.69) is 43.8 Å². The summed E-state index contributed by atoms with van der Waals surface area (Å²) in [6.45, 7) is 4.13. The van der Waals surface area contributed by atoms with Crippen LogP contribution < -0.4 is 5.73 Å². The highest BCUT2D eigenvalue weighted by atomic mass is 79.9. The Balaban J connectivity index is 3.09. The lowest BCUT2D eigenvalue weighted by atomic mass is 10.2. The van der Waals surface area contributed by atoms with Crippen LogP contribution >= 0.6 is 31.9 Å². The summed E-state index contributed by atoms with van der Waals surface area (Å²) in [5, 5.41) is 0. The summed E-state index contributed by atoms with van der Waals surface area (Å²) >= 11 is 6.97. The van der Waals surface area contributed by atoms with Crippen molar-refractivity contribution >= 4 is 43.4 Å². The molecule has 0 radical (unpaired) electrons. The van der Waals surface area contributed by atoms with Crippen LogP contribution in [0.25, 0.3) is 0 Å². The lowest BCUT2D eigenvalue weighted by molar-refractivity contribution is 0.983. The minimum atomic E-state index is 0.669. The van der Waals surface area contributed by atoms with E-state index in [-0.39, 0.29) is 0 Å². The maximum atomic E-state index is 5.80. The maximum Gasteiger partial charge on any atom is 0.0997 e. The van der Waals surface area contributed by atoms with Crippen molar-refractivity contribution in [2.45, 2.75) is 26.7 Å². The molecule has 0 aromatic heterocycles. The lowest BCUT2D eigenvalue weighted by Crippen LogP contribution is -2.10. The number of aryl methyl sites for hydroxylation is 1. The first-order valence-electron chi connectivity index (χ1n) is 4.83.